The van der Waals surface area contributed by atoms with E-state index in [1.165, 1.54) is 6.92 Å². The van der Waals surface area contributed by atoms with Crippen LogP contribution in [0.2, 0.25) is 5.02 Å². The first-order valence-electron chi connectivity index (χ1n) is 4.16. The third-order valence-corrected chi connectivity index (χ3v) is 1.86. The Morgan fingerprint density at radius 1 is 1.43 bits per heavy atom. The van der Waals surface area contributed by atoms with Crippen LogP contribution in [0.3, 0.4) is 0 Å². The minimum absolute atomic E-state index is 0.189. The monoisotopic (exact) mass is 210 g/mol. The Bertz CT molecular complexity index is 374. The number of amides is 1. The molecule has 0 saturated heterocycles. The number of nitrogens with one attached hydrogen (secondary N) is 1. The van der Waals surface area contributed by atoms with E-state index in [2.05, 4.69) is 10.5 Å². The van der Waals surface area contributed by atoms with E-state index >= 15 is 0 Å². The molecule has 14 heavy (non-hydrogen) atoms. The second-order valence-corrected chi connectivity index (χ2v) is 3.31. The van der Waals surface area contributed by atoms with Crippen molar-refractivity contribution in [1.29, 1.82) is 0 Å². The fourth-order valence-electron chi connectivity index (χ4n) is 0.941. The number of rotatable bonds is 2. The molecular weight excluding hydrogens is 200 g/mol. The van der Waals surface area contributed by atoms with Crippen molar-refractivity contribution >= 4 is 23.2 Å². The second kappa shape index (κ2) is 4.77. The van der Waals surface area contributed by atoms with Crippen LogP contribution in [0.25, 0.3) is 0 Å². The molecular formula is C10H11ClN2O. The molecule has 0 aliphatic heterocycles. The molecule has 0 heterocycles. The summed E-state index contributed by atoms with van der Waals surface area (Å²) in [6.45, 7) is 3.22. The Morgan fingerprint density at radius 3 is 2.71 bits per heavy atom. The number of nitrogens with zero attached hydrogens (tertiary/aromatic N) is 1. The van der Waals surface area contributed by atoms with Gasteiger partial charge >= 0.3 is 0 Å². The van der Waals surface area contributed by atoms with Gasteiger partial charge in [0.2, 0.25) is 5.91 Å². The number of hydrazone groups is 1. The lowest BCUT2D eigenvalue weighted by Crippen LogP contribution is -2.14. The molecule has 1 aromatic carbocycles. The molecule has 0 radical (unpaired) electrons. The van der Waals surface area contributed by atoms with Crippen molar-refractivity contribution < 1.29 is 4.79 Å². The molecule has 0 aromatic heterocycles. The van der Waals surface area contributed by atoms with Crippen LogP contribution in [0.1, 0.15) is 19.4 Å². The lowest BCUT2D eigenvalue weighted by Gasteiger charge is -2.00. The minimum Gasteiger partial charge on any atom is -0.274 e. The van der Waals surface area contributed by atoms with Crippen molar-refractivity contribution in [3.63, 3.8) is 0 Å². The number of hydrogen-bond acceptors (Lipinski definition) is 2. The van der Waals surface area contributed by atoms with Crippen molar-refractivity contribution in [2.45, 2.75) is 13.8 Å². The number of benzene rings is 1. The zero-order valence-corrected chi connectivity index (χ0v) is 8.80. The standard InChI is InChI=1S/C10H11ClN2O/c1-7(12-13-8(2)14)9-4-3-5-10(11)6-9/h3-6H,1-2H3,(H,13,14). The summed E-state index contributed by atoms with van der Waals surface area (Å²) in [5.74, 6) is -0.189. The van der Waals surface area contributed by atoms with Gasteiger partial charge in [0.05, 0.1) is 5.71 Å². The molecule has 1 aromatic rings. The van der Waals surface area contributed by atoms with Gasteiger partial charge in [-0.3, -0.25) is 4.79 Å². The van der Waals surface area contributed by atoms with Crippen LogP contribution < -0.4 is 5.43 Å². The fourth-order valence-corrected chi connectivity index (χ4v) is 1.13. The predicted molar refractivity (Wildman–Crippen MR) is 57.5 cm³/mol. The Kier molecular flexibility index (Phi) is 3.65. The lowest BCUT2D eigenvalue weighted by atomic mass is 10.1. The SMILES string of the molecule is CC(=O)NN=C(C)c1cccc(Cl)c1. The Hall–Kier alpha value is -1.35. The maximum atomic E-state index is 10.6. The van der Waals surface area contributed by atoms with E-state index < -0.39 is 0 Å². The molecule has 74 valence electrons. The highest BCUT2D eigenvalue weighted by atomic mass is 35.5. The quantitative estimate of drug-likeness (QED) is 0.590. The highest BCUT2D eigenvalue weighted by Gasteiger charge is 1.98. The third kappa shape index (κ3) is 3.18. The normalized spacial score (nSPS) is 11.2. The van der Waals surface area contributed by atoms with E-state index in [0.29, 0.717) is 5.02 Å². The molecule has 1 rings (SSSR count). The molecule has 1 N–H and O–H groups in total. The van der Waals surface area contributed by atoms with E-state index in [9.17, 15) is 4.79 Å². The lowest BCUT2D eigenvalue weighted by molar-refractivity contribution is -0.118. The van der Waals surface area contributed by atoms with Gasteiger partial charge in [-0.25, -0.2) is 5.43 Å². The molecule has 0 atom stereocenters. The van der Waals surface area contributed by atoms with Gasteiger partial charge in [-0.2, -0.15) is 5.10 Å². The summed E-state index contributed by atoms with van der Waals surface area (Å²) in [5.41, 5.74) is 3.99. The zero-order valence-electron chi connectivity index (χ0n) is 8.04. The van der Waals surface area contributed by atoms with E-state index in [0.717, 1.165) is 11.3 Å². The Balaban J connectivity index is 2.83. The fraction of sp³-hybridized carbons (Fsp3) is 0.200. The zero-order chi connectivity index (χ0) is 10.6. The van der Waals surface area contributed by atoms with E-state index in [-0.39, 0.29) is 5.91 Å². The van der Waals surface area contributed by atoms with Crippen LogP contribution in [-0.2, 0) is 4.79 Å². The molecule has 0 bridgehead atoms. The molecule has 1 amide bonds. The van der Waals surface area contributed by atoms with Crippen molar-refractivity contribution in [2.24, 2.45) is 5.10 Å². The maximum Gasteiger partial charge on any atom is 0.236 e. The van der Waals surface area contributed by atoms with Crippen molar-refractivity contribution in [2.75, 3.05) is 0 Å². The van der Waals surface area contributed by atoms with Crippen molar-refractivity contribution in [3.05, 3.63) is 34.9 Å². The molecule has 0 aliphatic rings. The van der Waals surface area contributed by atoms with Crippen molar-refractivity contribution in [1.82, 2.24) is 5.43 Å². The minimum atomic E-state index is -0.189. The van der Waals surface area contributed by atoms with Gasteiger partial charge < -0.3 is 0 Å². The van der Waals surface area contributed by atoms with Crippen LogP contribution >= 0.6 is 11.6 Å². The summed E-state index contributed by atoms with van der Waals surface area (Å²) < 4.78 is 0. The van der Waals surface area contributed by atoms with Crippen LogP contribution in [0.5, 0.6) is 0 Å². The average Bonchev–Trinajstić information content (AvgIpc) is 2.14. The molecule has 0 unspecified atom stereocenters. The van der Waals surface area contributed by atoms with Gasteiger partial charge in [0.15, 0.2) is 0 Å². The molecule has 0 aliphatic carbocycles. The Morgan fingerprint density at radius 2 is 2.14 bits per heavy atom. The molecule has 3 nitrogen and oxygen atoms in total. The number of carbonyl (C=O) groups is 1. The summed E-state index contributed by atoms with van der Waals surface area (Å²) in [5, 5.41) is 4.55. The van der Waals surface area contributed by atoms with Gasteiger partial charge in [0.1, 0.15) is 0 Å². The highest BCUT2D eigenvalue weighted by molar-refractivity contribution is 6.31. The van der Waals surface area contributed by atoms with E-state index in [1.807, 2.05) is 19.1 Å². The largest absolute Gasteiger partial charge is 0.274 e. The number of hydrogen-bond donors (Lipinski definition) is 1. The molecule has 0 saturated carbocycles. The van der Waals surface area contributed by atoms with Gasteiger partial charge in [-0.1, -0.05) is 23.7 Å². The van der Waals surface area contributed by atoms with Crippen LogP contribution in [0, 0.1) is 0 Å². The first-order valence-corrected chi connectivity index (χ1v) is 4.54. The second-order valence-electron chi connectivity index (χ2n) is 2.88. The summed E-state index contributed by atoms with van der Waals surface area (Å²) >= 11 is 5.81. The molecule has 4 heteroatoms. The van der Waals surface area contributed by atoms with Gasteiger partial charge in [-0.05, 0) is 24.6 Å². The van der Waals surface area contributed by atoms with Crippen LogP contribution in [0.15, 0.2) is 29.4 Å². The smallest absolute Gasteiger partial charge is 0.236 e. The van der Waals surface area contributed by atoms with Crippen LogP contribution in [-0.4, -0.2) is 11.6 Å². The first-order chi connectivity index (χ1) is 6.59. The number of carbonyl (C=O) groups excluding carboxylic acids is 1. The first kappa shape index (κ1) is 10.7. The Labute approximate surface area is 87.8 Å². The summed E-state index contributed by atoms with van der Waals surface area (Å²) in [7, 11) is 0. The summed E-state index contributed by atoms with van der Waals surface area (Å²) in [6, 6.07) is 7.30. The van der Waals surface area contributed by atoms with Gasteiger partial charge in [-0.15, -0.1) is 0 Å². The van der Waals surface area contributed by atoms with E-state index in [4.69, 9.17) is 11.6 Å². The summed E-state index contributed by atoms with van der Waals surface area (Å²) in [6.07, 6.45) is 0. The highest BCUT2D eigenvalue weighted by Crippen LogP contribution is 2.11. The average molecular weight is 211 g/mol. The third-order valence-electron chi connectivity index (χ3n) is 1.62. The summed E-state index contributed by atoms with van der Waals surface area (Å²) in [4.78, 5) is 10.6. The topological polar surface area (TPSA) is 41.5 Å². The van der Waals surface area contributed by atoms with Crippen molar-refractivity contribution in [3.8, 4) is 0 Å². The van der Waals surface area contributed by atoms with E-state index in [1.54, 1.807) is 12.1 Å². The maximum absolute atomic E-state index is 10.6. The van der Waals surface area contributed by atoms with Gasteiger partial charge in [0.25, 0.3) is 0 Å². The molecule has 0 fully saturated rings. The van der Waals surface area contributed by atoms with Gasteiger partial charge in [0, 0.05) is 11.9 Å². The number of halogens is 1. The predicted octanol–water partition coefficient (Wildman–Crippen LogP) is 2.20. The van der Waals surface area contributed by atoms with Crippen LogP contribution in [0.4, 0.5) is 0 Å². The molecule has 0 spiro atoms.